The molecule has 3 aromatic rings. The largest absolute Gasteiger partial charge is 0.453 e. The lowest BCUT2D eigenvalue weighted by atomic mass is 10.1. The predicted octanol–water partition coefficient (Wildman–Crippen LogP) is 5.35. The van der Waals surface area contributed by atoms with E-state index in [0.717, 1.165) is 17.5 Å². The standard InChI is InChI=1S/C18H11F3O2/c19-18(20,21)14-6-3-4-12(10-14)8-9-15(22)17-11-13-5-1-2-7-16(13)23-17/h1-11H/b9-8+. The Labute approximate surface area is 129 Å². The number of carbonyl (C=O) groups is 1. The van der Waals surface area contributed by atoms with Crippen molar-refractivity contribution in [1.29, 1.82) is 0 Å². The average molecular weight is 316 g/mol. The van der Waals surface area contributed by atoms with Crippen molar-refractivity contribution in [3.05, 3.63) is 77.6 Å². The highest BCUT2D eigenvalue weighted by atomic mass is 19.4. The maximum Gasteiger partial charge on any atom is 0.416 e. The van der Waals surface area contributed by atoms with Gasteiger partial charge in [-0.25, -0.2) is 0 Å². The van der Waals surface area contributed by atoms with E-state index in [-0.39, 0.29) is 5.76 Å². The number of rotatable bonds is 3. The van der Waals surface area contributed by atoms with Gasteiger partial charge in [-0.1, -0.05) is 36.4 Å². The molecular weight excluding hydrogens is 305 g/mol. The first-order valence-corrected chi connectivity index (χ1v) is 6.82. The number of benzene rings is 2. The van der Waals surface area contributed by atoms with E-state index >= 15 is 0 Å². The first-order valence-electron chi connectivity index (χ1n) is 6.82. The molecule has 1 aromatic heterocycles. The van der Waals surface area contributed by atoms with Gasteiger partial charge in [0.05, 0.1) is 5.56 Å². The molecule has 3 rings (SSSR count). The molecule has 5 heteroatoms. The third kappa shape index (κ3) is 3.34. The van der Waals surface area contributed by atoms with E-state index in [9.17, 15) is 18.0 Å². The van der Waals surface area contributed by atoms with E-state index in [2.05, 4.69) is 0 Å². The Morgan fingerprint density at radius 1 is 1.00 bits per heavy atom. The number of furan rings is 1. The van der Waals surface area contributed by atoms with Crippen LogP contribution in [0.25, 0.3) is 17.0 Å². The molecule has 0 atom stereocenters. The molecule has 0 amide bonds. The molecule has 23 heavy (non-hydrogen) atoms. The van der Waals surface area contributed by atoms with Crippen LogP contribution in [-0.2, 0) is 6.18 Å². The number of ketones is 1. The molecule has 0 unspecified atom stereocenters. The number of allylic oxidation sites excluding steroid dienone is 1. The summed E-state index contributed by atoms with van der Waals surface area (Å²) in [4.78, 5) is 12.1. The fourth-order valence-electron chi connectivity index (χ4n) is 2.18. The van der Waals surface area contributed by atoms with Gasteiger partial charge in [0.1, 0.15) is 5.58 Å². The number of hydrogen-bond acceptors (Lipinski definition) is 2. The Hall–Kier alpha value is -2.82. The summed E-state index contributed by atoms with van der Waals surface area (Å²) in [7, 11) is 0. The fourth-order valence-corrected chi connectivity index (χ4v) is 2.18. The third-order valence-electron chi connectivity index (χ3n) is 3.31. The van der Waals surface area contributed by atoms with Crippen LogP contribution in [-0.4, -0.2) is 5.78 Å². The summed E-state index contributed by atoms with van der Waals surface area (Å²) in [6.45, 7) is 0. The van der Waals surface area contributed by atoms with Crippen molar-refractivity contribution < 1.29 is 22.4 Å². The van der Waals surface area contributed by atoms with E-state index in [4.69, 9.17) is 4.42 Å². The molecule has 2 nitrogen and oxygen atoms in total. The van der Waals surface area contributed by atoms with Crippen molar-refractivity contribution in [1.82, 2.24) is 0 Å². The van der Waals surface area contributed by atoms with Crippen molar-refractivity contribution in [3.63, 3.8) is 0 Å². The highest BCUT2D eigenvalue weighted by Gasteiger charge is 2.30. The lowest BCUT2D eigenvalue weighted by Crippen LogP contribution is -2.04. The van der Waals surface area contributed by atoms with Crippen LogP contribution in [0.1, 0.15) is 21.7 Å². The van der Waals surface area contributed by atoms with Crippen LogP contribution < -0.4 is 0 Å². The molecule has 0 radical (unpaired) electrons. The first-order chi connectivity index (χ1) is 10.9. The summed E-state index contributed by atoms with van der Waals surface area (Å²) in [6.07, 6.45) is -1.87. The van der Waals surface area contributed by atoms with Crippen molar-refractivity contribution in [2.45, 2.75) is 6.18 Å². The Kier molecular flexibility index (Phi) is 3.78. The van der Waals surface area contributed by atoms with Gasteiger partial charge in [-0.05, 0) is 35.9 Å². The third-order valence-corrected chi connectivity index (χ3v) is 3.31. The smallest absolute Gasteiger partial charge is 0.416 e. The van der Waals surface area contributed by atoms with Gasteiger partial charge in [-0.3, -0.25) is 4.79 Å². The Balaban J connectivity index is 1.83. The van der Waals surface area contributed by atoms with Crippen molar-refractivity contribution in [3.8, 4) is 0 Å². The molecule has 0 saturated carbocycles. The van der Waals surface area contributed by atoms with Gasteiger partial charge < -0.3 is 4.42 Å². The van der Waals surface area contributed by atoms with Gasteiger partial charge >= 0.3 is 6.18 Å². The van der Waals surface area contributed by atoms with Crippen LogP contribution in [0.4, 0.5) is 13.2 Å². The summed E-state index contributed by atoms with van der Waals surface area (Å²) in [6, 6.07) is 13.5. The summed E-state index contributed by atoms with van der Waals surface area (Å²) in [5, 5.41) is 0.795. The van der Waals surface area contributed by atoms with Crippen molar-refractivity contribution >= 4 is 22.8 Å². The topological polar surface area (TPSA) is 30.2 Å². The second kappa shape index (κ2) is 5.76. The van der Waals surface area contributed by atoms with Gasteiger partial charge in [0.25, 0.3) is 0 Å². The number of alkyl halides is 3. The predicted molar refractivity (Wildman–Crippen MR) is 81.0 cm³/mol. The number of para-hydroxylation sites is 1. The van der Waals surface area contributed by atoms with Gasteiger partial charge in [0.15, 0.2) is 5.76 Å². The Morgan fingerprint density at radius 3 is 2.52 bits per heavy atom. The van der Waals surface area contributed by atoms with E-state index in [1.807, 2.05) is 12.1 Å². The molecule has 0 aliphatic rings. The molecular formula is C18H11F3O2. The molecule has 0 aliphatic carbocycles. The molecule has 0 spiro atoms. The molecule has 2 aromatic carbocycles. The van der Waals surface area contributed by atoms with Crippen molar-refractivity contribution in [2.75, 3.05) is 0 Å². The number of hydrogen-bond donors (Lipinski definition) is 0. The summed E-state index contributed by atoms with van der Waals surface area (Å²) in [5.74, 6) is -0.256. The quantitative estimate of drug-likeness (QED) is 0.482. The van der Waals surface area contributed by atoms with Gasteiger partial charge in [0, 0.05) is 5.39 Å². The normalized spacial score (nSPS) is 12.1. The fraction of sp³-hybridized carbons (Fsp3) is 0.0556. The minimum atomic E-state index is -4.41. The zero-order chi connectivity index (χ0) is 16.4. The second-order valence-corrected chi connectivity index (χ2v) is 4.97. The maximum atomic E-state index is 12.6. The van der Waals surface area contributed by atoms with Crippen LogP contribution in [0, 0.1) is 0 Å². The minimum absolute atomic E-state index is 0.148. The molecule has 0 N–H and O–H groups in total. The molecule has 0 bridgehead atoms. The van der Waals surface area contributed by atoms with Crippen LogP contribution >= 0.6 is 0 Å². The van der Waals surface area contributed by atoms with Crippen LogP contribution in [0.3, 0.4) is 0 Å². The van der Waals surface area contributed by atoms with Crippen LogP contribution in [0.2, 0.25) is 0 Å². The highest BCUT2D eigenvalue weighted by Crippen LogP contribution is 2.29. The summed E-state index contributed by atoms with van der Waals surface area (Å²) >= 11 is 0. The van der Waals surface area contributed by atoms with E-state index in [0.29, 0.717) is 11.1 Å². The maximum absolute atomic E-state index is 12.6. The zero-order valence-electron chi connectivity index (χ0n) is 11.8. The summed E-state index contributed by atoms with van der Waals surface area (Å²) in [5.41, 5.74) is 0.128. The lowest BCUT2D eigenvalue weighted by Gasteiger charge is -2.06. The van der Waals surface area contributed by atoms with E-state index in [1.165, 1.54) is 24.3 Å². The van der Waals surface area contributed by atoms with E-state index < -0.39 is 17.5 Å². The molecule has 0 saturated heterocycles. The van der Waals surface area contributed by atoms with Crippen LogP contribution in [0.15, 0.2) is 65.1 Å². The molecule has 116 valence electrons. The zero-order valence-corrected chi connectivity index (χ0v) is 11.8. The van der Waals surface area contributed by atoms with E-state index in [1.54, 1.807) is 18.2 Å². The summed E-state index contributed by atoms with van der Waals surface area (Å²) < 4.78 is 43.3. The van der Waals surface area contributed by atoms with Gasteiger partial charge in [-0.2, -0.15) is 13.2 Å². The number of halogens is 3. The Morgan fingerprint density at radius 2 is 1.78 bits per heavy atom. The average Bonchev–Trinajstić information content (AvgIpc) is 2.96. The van der Waals surface area contributed by atoms with Crippen LogP contribution in [0.5, 0.6) is 0 Å². The Bertz CT molecular complexity index is 855. The SMILES string of the molecule is O=C(/C=C/c1cccc(C(F)(F)F)c1)c1cc2ccccc2o1. The molecule has 0 aliphatic heterocycles. The number of carbonyl (C=O) groups excluding carboxylic acids is 1. The van der Waals surface area contributed by atoms with Crippen molar-refractivity contribution in [2.24, 2.45) is 0 Å². The first kappa shape index (κ1) is 15.1. The second-order valence-electron chi connectivity index (χ2n) is 4.97. The van der Waals surface area contributed by atoms with Gasteiger partial charge in [-0.15, -0.1) is 0 Å². The lowest BCUT2D eigenvalue weighted by molar-refractivity contribution is -0.137. The number of fused-ring (bicyclic) bond motifs is 1. The highest BCUT2D eigenvalue weighted by molar-refractivity contribution is 6.06. The molecule has 1 heterocycles. The molecule has 0 fully saturated rings. The van der Waals surface area contributed by atoms with Gasteiger partial charge in [0.2, 0.25) is 5.78 Å². The monoisotopic (exact) mass is 316 g/mol. The minimum Gasteiger partial charge on any atom is -0.453 e.